The Morgan fingerprint density at radius 2 is 2.31 bits per heavy atom. The van der Waals surface area contributed by atoms with Crippen molar-refractivity contribution in [2.24, 2.45) is 10.8 Å². The first-order chi connectivity index (χ1) is 7.65. The molecule has 0 aliphatic rings. The number of nitrogens with two attached hydrogens (primary N) is 1. The minimum absolute atomic E-state index is 0.287. The number of benzene rings is 1. The molecule has 3 N–H and O–H groups in total. The summed E-state index contributed by atoms with van der Waals surface area (Å²) in [5.74, 6) is -0.287. The monoisotopic (exact) mass is 240 g/mol. The summed E-state index contributed by atoms with van der Waals surface area (Å²) in [7, 11) is 0. The SMILES string of the molecule is CCON(/N=C/c1ccccc1Cl)C(=N)N. The predicted molar refractivity (Wildman–Crippen MR) is 64.4 cm³/mol. The zero-order valence-corrected chi connectivity index (χ0v) is 9.61. The molecule has 6 heteroatoms. The second kappa shape index (κ2) is 6.09. The van der Waals surface area contributed by atoms with Gasteiger partial charge in [-0.25, -0.2) is 4.84 Å². The van der Waals surface area contributed by atoms with E-state index >= 15 is 0 Å². The van der Waals surface area contributed by atoms with Crippen LogP contribution in [0.1, 0.15) is 12.5 Å². The molecule has 0 spiro atoms. The fourth-order valence-electron chi connectivity index (χ4n) is 0.982. The molecule has 0 saturated heterocycles. The molecule has 0 aliphatic heterocycles. The minimum atomic E-state index is -0.287. The molecule has 0 aromatic heterocycles. The van der Waals surface area contributed by atoms with Gasteiger partial charge in [0, 0.05) is 10.6 Å². The van der Waals surface area contributed by atoms with E-state index in [0.29, 0.717) is 11.6 Å². The maximum Gasteiger partial charge on any atom is 0.236 e. The maximum absolute atomic E-state index is 7.21. The summed E-state index contributed by atoms with van der Waals surface area (Å²) >= 11 is 5.93. The Morgan fingerprint density at radius 3 is 2.88 bits per heavy atom. The Balaban J connectivity index is 2.78. The third-order valence-corrected chi connectivity index (χ3v) is 2.01. The molecular weight excluding hydrogens is 228 g/mol. The molecule has 0 heterocycles. The van der Waals surface area contributed by atoms with Crippen LogP contribution in [0.25, 0.3) is 0 Å². The average Bonchev–Trinajstić information content (AvgIpc) is 2.26. The number of guanidine groups is 1. The van der Waals surface area contributed by atoms with Crippen LogP contribution in [0.4, 0.5) is 0 Å². The van der Waals surface area contributed by atoms with Crippen molar-refractivity contribution in [2.45, 2.75) is 6.92 Å². The normalized spacial score (nSPS) is 10.6. The lowest BCUT2D eigenvalue weighted by atomic mass is 10.2. The van der Waals surface area contributed by atoms with E-state index < -0.39 is 0 Å². The summed E-state index contributed by atoms with van der Waals surface area (Å²) in [6.45, 7) is 2.15. The summed E-state index contributed by atoms with van der Waals surface area (Å²) in [6, 6.07) is 7.22. The highest BCUT2D eigenvalue weighted by Crippen LogP contribution is 2.12. The second-order valence-corrected chi connectivity index (χ2v) is 3.25. The standard InChI is InChI=1S/C10H13ClN4O/c1-2-16-15(10(12)13)14-7-8-5-3-4-6-9(8)11/h3-7H,2H2,1H3,(H3,12,13)/b14-7+. The van der Waals surface area contributed by atoms with Crippen molar-refractivity contribution in [3.63, 3.8) is 0 Å². The van der Waals surface area contributed by atoms with Crippen molar-refractivity contribution in [2.75, 3.05) is 6.61 Å². The molecule has 0 bridgehead atoms. The highest BCUT2D eigenvalue weighted by atomic mass is 35.5. The second-order valence-electron chi connectivity index (χ2n) is 2.84. The van der Waals surface area contributed by atoms with Crippen molar-refractivity contribution < 1.29 is 4.84 Å². The molecule has 1 aromatic carbocycles. The van der Waals surface area contributed by atoms with Gasteiger partial charge in [-0.05, 0) is 13.0 Å². The lowest BCUT2D eigenvalue weighted by Crippen LogP contribution is -2.32. The van der Waals surface area contributed by atoms with Crippen LogP contribution >= 0.6 is 11.6 Å². The Labute approximate surface area is 98.9 Å². The van der Waals surface area contributed by atoms with E-state index in [9.17, 15) is 0 Å². The smallest absolute Gasteiger partial charge is 0.236 e. The largest absolute Gasteiger partial charge is 0.367 e. The molecule has 0 fully saturated rings. The topological polar surface area (TPSA) is 74.7 Å². The van der Waals surface area contributed by atoms with Gasteiger partial charge in [-0.2, -0.15) is 5.10 Å². The zero-order chi connectivity index (χ0) is 12.0. The van der Waals surface area contributed by atoms with Crippen molar-refractivity contribution in [1.82, 2.24) is 5.17 Å². The van der Waals surface area contributed by atoms with Crippen LogP contribution in [0.3, 0.4) is 0 Å². The molecule has 0 unspecified atom stereocenters. The molecule has 0 atom stereocenters. The number of hydrogen-bond donors (Lipinski definition) is 2. The van der Waals surface area contributed by atoms with Crippen molar-refractivity contribution >= 4 is 23.8 Å². The number of nitrogens with zero attached hydrogens (tertiary/aromatic N) is 2. The Morgan fingerprint density at radius 1 is 1.62 bits per heavy atom. The Hall–Kier alpha value is -1.59. The summed E-state index contributed by atoms with van der Waals surface area (Å²) in [4.78, 5) is 5.01. The van der Waals surface area contributed by atoms with E-state index in [-0.39, 0.29) is 5.96 Å². The third-order valence-electron chi connectivity index (χ3n) is 1.66. The van der Waals surface area contributed by atoms with Crippen molar-refractivity contribution in [3.05, 3.63) is 34.9 Å². The van der Waals surface area contributed by atoms with Gasteiger partial charge in [0.1, 0.15) is 0 Å². The third kappa shape index (κ3) is 3.52. The van der Waals surface area contributed by atoms with E-state index in [0.717, 1.165) is 10.7 Å². The van der Waals surface area contributed by atoms with Gasteiger partial charge >= 0.3 is 0 Å². The average molecular weight is 241 g/mol. The van der Waals surface area contributed by atoms with Gasteiger partial charge in [-0.15, -0.1) is 5.17 Å². The molecule has 0 amide bonds. The summed E-state index contributed by atoms with van der Waals surface area (Å²) in [6.07, 6.45) is 1.49. The quantitative estimate of drug-likeness (QED) is 0.479. The van der Waals surface area contributed by atoms with Crippen LogP contribution in [0, 0.1) is 5.41 Å². The molecule has 0 aliphatic carbocycles. The summed E-state index contributed by atoms with van der Waals surface area (Å²) < 4.78 is 0. The van der Waals surface area contributed by atoms with Gasteiger partial charge in [0.05, 0.1) is 12.8 Å². The number of hydroxylamine groups is 1. The highest BCUT2D eigenvalue weighted by Gasteiger charge is 2.03. The van der Waals surface area contributed by atoms with Crippen molar-refractivity contribution in [1.29, 1.82) is 5.41 Å². The van der Waals surface area contributed by atoms with Gasteiger partial charge in [-0.3, -0.25) is 5.41 Å². The van der Waals surface area contributed by atoms with E-state index in [1.165, 1.54) is 6.21 Å². The fourth-order valence-corrected chi connectivity index (χ4v) is 1.17. The molecule has 0 saturated carbocycles. The van der Waals surface area contributed by atoms with Crippen LogP contribution < -0.4 is 5.73 Å². The van der Waals surface area contributed by atoms with Gasteiger partial charge in [0.25, 0.3) is 0 Å². The first-order valence-electron chi connectivity index (χ1n) is 4.70. The van der Waals surface area contributed by atoms with E-state index in [1.807, 2.05) is 12.1 Å². The molecule has 0 radical (unpaired) electrons. The van der Waals surface area contributed by atoms with Crippen LogP contribution in [0.2, 0.25) is 5.02 Å². The summed E-state index contributed by atoms with van der Waals surface area (Å²) in [5, 5.41) is 12.6. The molecule has 16 heavy (non-hydrogen) atoms. The number of rotatable bonds is 4. The molecular formula is C10H13ClN4O. The number of nitrogens with one attached hydrogen (secondary N) is 1. The van der Waals surface area contributed by atoms with E-state index in [4.69, 9.17) is 27.6 Å². The number of hydrogen-bond acceptors (Lipinski definition) is 3. The minimum Gasteiger partial charge on any atom is -0.367 e. The molecule has 86 valence electrons. The Bertz CT molecular complexity index is 394. The van der Waals surface area contributed by atoms with Gasteiger partial charge in [-0.1, -0.05) is 29.8 Å². The van der Waals surface area contributed by atoms with Crippen LogP contribution in [0.15, 0.2) is 29.4 Å². The number of halogens is 1. The van der Waals surface area contributed by atoms with Gasteiger partial charge in [0.15, 0.2) is 0 Å². The van der Waals surface area contributed by atoms with Crippen LogP contribution in [-0.2, 0) is 4.84 Å². The Kier molecular flexibility index (Phi) is 4.75. The zero-order valence-electron chi connectivity index (χ0n) is 8.85. The first kappa shape index (κ1) is 12.5. The molecule has 1 rings (SSSR count). The van der Waals surface area contributed by atoms with Crippen LogP contribution in [0.5, 0.6) is 0 Å². The fraction of sp³-hybridized carbons (Fsp3) is 0.200. The van der Waals surface area contributed by atoms with E-state index in [2.05, 4.69) is 5.10 Å². The first-order valence-corrected chi connectivity index (χ1v) is 5.08. The van der Waals surface area contributed by atoms with Gasteiger partial charge < -0.3 is 5.73 Å². The van der Waals surface area contributed by atoms with Crippen molar-refractivity contribution in [3.8, 4) is 0 Å². The lowest BCUT2D eigenvalue weighted by Gasteiger charge is -2.13. The predicted octanol–water partition coefficient (Wildman–Crippen LogP) is 1.82. The maximum atomic E-state index is 7.21. The molecule has 5 nitrogen and oxygen atoms in total. The number of hydrazone groups is 1. The lowest BCUT2D eigenvalue weighted by molar-refractivity contribution is -0.0937. The van der Waals surface area contributed by atoms with Gasteiger partial charge in [0.2, 0.25) is 5.96 Å². The highest BCUT2D eigenvalue weighted by molar-refractivity contribution is 6.33. The summed E-state index contributed by atoms with van der Waals surface area (Å²) in [5.41, 5.74) is 5.99. The van der Waals surface area contributed by atoms with Crippen LogP contribution in [-0.4, -0.2) is 24.0 Å². The molecule has 1 aromatic rings. The van der Waals surface area contributed by atoms with E-state index in [1.54, 1.807) is 19.1 Å².